The number of morpholine rings is 1. The van der Waals surface area contributed by atoms with Crippen molar-refractivity contribution < 1.29 is 14.3 Å². The van der Waals surface area contributed by atoms with Crippen molar-refractivity contribution in [2.24, 2.45) is 0 Å². The van der Waals surface area contributed by atoms with Gasteiger partial charge in [-0.25, -0.2) is 0 Å². The van der Waals surface area contributed by atoms with Gasteiger partial charge in [0.15, 0.2) is 11.4 Å². The predicted molar refractivity (Wildman–Crippen MR) is 130 cm³/mol. The van der Waals surface area contributed by atoms with Crippen LogP contribution in [0.1, 0.15) is 13.8 Å². The van der Waals surface area contributed by atoms with Crippen LogP contribution in [0.3, 0.4) is 0 Å². The molecule has 33 heavy (non-hydrogen) atoms. The summed E-state index contributed by atoms with van der Waals surface area (Å²) in [5.41, 5.74) is 1.42. The van der Waals surface area contributed by atoms with Crippen LogP contribution in [0.4, 0.5) is 22.9 Å². The molecule has 0 aliphatic carbocycles. The third-order valence-electron chi connectivity index (χ3n) is 5.16. The second-order valence-corrected chi connectivity index (χ2v) is 8.56. The van der Waals surface area contributed by atoms with E-state index in [-0.39, 0.29) is 5.91 Å². The number of nitrogens with zero attached hydrogens (tertiary/aromatic N) is 3. The Morgan fingerprint density at radius 1 is 1.06 bits per heavy atom. The predicted octanol–water partition coefficient (Wildman–Crippen LogP) is 4.51. The van der Waals surface area contributed by atoms with Gasteiger partial charge in [0.25, 0.3) is 5.91 Å². The fourth-order valence-corrected chi connectivity index (χ4v) is 3.45. The molecule has 8 nitrogen and oxygen atoms in total. The van der Waals surface area contributed by atoms with Crippen LogP contribution < -0.4 is 20.3 Å². The van der Waals surface area contributed by atoms with Gasteiger partial charge in [-0.3, -0.25) is 4.79 Å². The molecular formula is C24H26ClN5O3. The molecule has 2 heterocycles. The highest BCUT2D eigenvalue weighted by molar-refractivity contribution is 6.30. The number of halogens is 1. The van der Waals surface area contributed by atoms with Crippen molar-refractivity contribution in [2.75, 3.05) is 41.8 Å². The summed E-state index contributed by atoms with van der Waals surface area (Å²) in [6.07, 6.45) is 1.75. The number of benzene rings is 2. The van der Waals surface area contributed by atoms with Crippen LogP contribution in [-0.2, 0) is 9.53 Å². The molecule has 9 heteroatoms. The summed E-state index contributed by atoms with van der Waals surface area (Å²) in [7, 11) is 0. The first-order chi connectivity index (χ1) is 15.9. The fourth-order valence-electron chi connectivity index (χ4n) is 3.32. The first-order valence-electron chi connectivity index (χ1n) is 10.7. The zero-order chi connectivity index (χ0) is 23.3. The summed E-state index contributed by atoms with van der Waals surface area (Å²) in [5, 5.41) is 15.0. The van der Waals surface area contributed by atoms with Crippen molar-refractivity contribution in [3.8, 4) is 5.75 Å². The summed E-state index contributed by atoms with van der Waals surface area (Å²) in [5.74, 6) is 0.954. The average molecular weight is 468 g/mol. The molecule has 1 aliphatic rings. The Labute approximate surface area is 197 Å². The minimum atomic E-state index is -1.07. The standard InChI is InChI=1S/C24H26ClN5O3/c1-24(2,33-21-9-3-17(25)4-10-21)23(31)28-19-7-5-18(6-8-19)27-22-15-20(16-26-29-22)30-11-13-32-14-12-30/h3-10,15-16H,11-14H2,1-2H3,(H,27,29)(H,28,31). The number of carbonyl (C=O) groups is 1. The van der Waals surface area contributed by atoms with Crippen molar-refractivity contribution >= 4 is 40.4 Å². The molecule has 2 N–H and O–H groups in total. The molecule has 2 aromatic carbocycles. The molecule has 0 atom stereocenters. The topological polar surface area (TPSA) is 88.6 Å². The Morgan fingerprint density at radius 2 is 1.73 bits per heavy atom. The van der Waals surface area contributed by atoms with Crippen molar-refractivity contribution in [3.05, 3.63) is 65.8 Å². The smallest absolute Gasteiger partial charge is 0.267 e. The van der Waals surface area contributed by atoms with Gasteiger partial charge in [-0.1, -0.05) is 11.6 Å². The Bertz CT molecular complexity index is 1080. The Morgan fingerprint density at radius 3 is 2.42 bits per heavy atom. The van der Waals surface area contributed by atoms with Gasteiger partial charge < -0.3 is 25.0 Å². The number of aromatic nitrogens is 2. The van der Waals surface area contributed by atoms with Crippen LogP contribution in [0, 0.1) is 0 Å². The molecule has 0 saturated carbocycles. The van der Waals surface area contributed by atoms with E-state index < -0.39 is 5.60 Å². The van der Waals surface area contributed by atoms with E-state index >= 15 is 0 Å². The monoisotopic (exact) mass is 467 g/mol. The molecule has 1 aromatic heterocycles. The lowest BCUT2D eigenvalue weighted by molar-refractivity contribution is -0.128. The second kappa shape index (κ2) is 10.1. The Balaban J connectivity index is 1.36. The van der Waals surface area contributed by atoms with Crippen molar-refractivity contribution in [1.82, 2.24) is 10.2 Å². The number of hydrogen-bond donors (Lipinski definition) is 2. The summed E-state index contributed by atoms with van der Waals surface area (Å²) in [6, 6.07) is 16.2. The third-order valence-corrected chi connectivity index (χ3v) is 5.42. The maximum atomic E-state index is 12.8. The third kappa shape index (κ3) is 6.12. The molecule has 0 bridgehead atoms. The summed E-state index contributed by atoms with van der Waals surface area (Å²) in [4.78, 5) is 15.0. The molecule has 0 spiro atoms. The van der Waals surface area contributed by atoms with Crippen LogP contribution in [0.2, 0.25) is 5.02 Å². The summed E-state index contributed by atoms with van der Waals surface area (Å²) in [6.45, 7) is 6.51. The molecule has 1 fully saturated rings. The highest BCUT2D eigenvalue weighted by Crippen LogP contribution is 2.24. The number of rotatable bonds is 7. The van der Waals surface area contributed by atoms with E-state index in [1.807, 2.05) is 30.3 Å². The first-order valence-corrected chi connectivity index (χ1v) is 11.1. The maximum Gasteiger partial charge on any atom is 0.267 e. The minimum Gasteiger partial charge on any atom is -0.478 e. The van der Waals surface area contributed by atoms with E-state index in [2.05, 4.69) is 25.7 Å². The van der Waals surface area contributed by atoms with E-state index in [1.54, 1.807) is 44.3 Å². The number of anilines is 4. The lowest BCUT2D eigenvalue weighted by atomic mass is 10.1. The van der Waals surface area contributed by atoms with E-state index in [0.29, 0.717) is 35.5 Å². The minimum absolute atomic E-state index is 0.262. The van der Waals surface area contributed by atoms with E-state index in [9.17, 15) is 4.79 Å². The van der Waals surface area contributed by atoms with Crippen LogP contribution in [0.5, 0.6) is 5.75 Å². The van der Waals surface area contributed by atoms with Gasteiger partial charge in [-0.2, -0.15) is 5.10 Å². The zero-order valence-electron chi connectivity index (χ0n) is 18.5. The van der Waals surface area contributed by atoms with Crippen molar-refractivity contribution in [3.63, 3.8) is 0 Å². The number of carbonyl (C=O) groups excluding carboxylic acids is 1. The number of hydrogen-bond acceptors (Lipinski definition) is 7. The van der Waals surface area contributed by atoms with E-state index in [4.69, 9.17) is 21.1 Å². The zero-order valence-corrected chi connectivity index (χ0v) is 19.3. The fraction of sp³-hybridized carbons (Fsp3) is 0.292. The molecule has 0 unspecified atom stereocenters. The number of amides is 1. The molecule has 3 aromatic rings. The molecule has 4 rings (SSSR count). The van der Waals surface area contributed by atoms with Gasteiger partial charge in [-0.05, 0) is 62.4 Å². The molecule has 172 valence electrons. The Kier molecular flexibility index (Phi) is 6.96. The van der Waals surface area contributed by atoms with Crippen LogP contribution in [-0.4, -0.2) is 48.0 Å². The van der Waals surface area contributed by atoms with Crippen molar-refractivity contribution in [2.45, 2.75) is 19.4 Å². The van der Waals surface area contributed by atoms with Gasteiger partial charge in [0.2, 0.25) is 0 Å². The number of ether oxygens (including phenoxy) is 2. The molecule has 0 radical (unpaired) electrons. The SMILES string of the molecule is CC(C)(Oc1ccc(Cl)cc1)C(=O)Nc1ccc(Nc2cc(N3CCOCC3)cnn2)cc1. The molecule has 1 aliphatic heterocycles. The quantitative estimate of drug-likeness (QED) is 0.528. The van der Waals surface area contributed by atoms with Gasteiger partial charge >= 0.3 is 0 Å². The van der Waals surface area contributed by atoms with E-state index in [1.165, 1.54) is 0 Å². The van der Waals surface area contributed by atoms with Gasteiger partial charge in [-0.15, -0.1) is 5.10 Å². The maximum absolute atomic E-state index is 12.8. The van der Waals surface area contributed by atoms with Gasteiger partial charge in [0.1, 0.15) is 5.75 Å². The van der Waals surface area contributed by atoms with Crippen LogP contribution >= 0.6 is 11.6 Å². The lowest BCUT2D eigenvalue weighted by Crippen LogP contribution is -2.42. The lowest BCUT2D eigenvalue weighted by Gasteiger charge is -2.28. The highest BCUT2D eigenvalue weighted by Gasteiger charge is 2.30. The van der Waals surface area contributed by atoms with Crippen LogP contribution in [0.15, 0.2) is 60.8 Å². The molecule has 1 saturated heterocycles. The average Bonchev–Trinajstić information content (AvgIpc) is 2.82. The summed E-state index contributed by atoms with van der Waals surface area (Å²) < 4.78 is 11.2. The second-order valence-electron chi connectivity index (χ2n) is 8.12. The van der Waals surface area contributed by atoms with Crippen LogP contribution in [0.25, 0.3) is 0 Å². The number of nitrogens with one attached hydrogen (secondary N) is 2. The normalized spacial score (nSPS) is 14.0. The van der Waals surface area contributed by atoms with E-state index in [0.717, 1.165) is 24.5 Å². The summed E-state index contributed by atoms with van der Waals surface area (Å²) >= 11 is 5.91. The molecular weight excluding hydrogens is 442 g/mol. The highest BCUT2D eigenvalue weighted by atomic mass is 35.5. The Hall–Kier alpha value is -3.36. The first kappa shape index (κ1) is 22.8. The largest absolute Gasteiger partial charge is 0.478 e. The molecule has 1 amide bonds. The van der Waals surface area contributed by atoms with Gasteiger partial charge in [0.05, 0.1) is 25.1 Å². The van der Waals surface area contributed by atoms with Gasteiger partial charge in [0, 0.05) is 35.6 Å². The van der Waals surface area contributed by atoms with Crippen molar-refractivity contribution in [1.29, 1.82) is 0 Å².